The van der Waals surface area contributed by atoms with Gasteiger partial charge in [0.05, 0.1) is 12.8 Å². The van der Waals surface area contributed by atoms with Crippen LogP contribution in [0.1, 0.15) is 45.2 Å². The van der Waals surface area contributed by atoms with E-state index >= 15 is 0 Å². The molecule has 0 spiro atoms. The Morgan fingerprint density at radius 1 is 1.26 bits per heavy atom. The summed E-state index contributed by atoms with van der Waals surface area (Å²) in [5.41, 5.74) is 2.03. The molecule has 27 heavy (non-hydrogen) atoms. The molecule has 1 aromatic heterocycles. The van der Waals surface area contributed by atoms with E-state index in [4.69, 9.17) is 4.74 Å². The minimum atomic E-state index is -0.299. The average molecular weight is 368 g/mol. The number of ether oxygens (including phenoxy) is 1. The van der Waals surface area contributed by atoms with E-state index in [0.29, 0.717) is 31.1 Å². The van der Waals surface area contributed by atoms with Crippen LogP contribution in [0.3, 0.4) is 0 Å². The zero-order valence-electron chi connectivity index (χ0n) is 15.5. The van der Waals surface area contributed by atoms with Crippen LogP contribution in [0.25, 0.3) is 0 Å². The predicted octanol–water partition coefficient (Wildman–Crippen LogP) is 2.07. The highest BCUT2D eigenvalue weighted by Crippen LogP contribution is 2.22. The van der Waals surface area contributed by atoms with E-state index < -0.39 is 0 Å². The van der Waals surface area contributed by atoms with Gasteiger partial charge in [-0.05, 0) is 25.3 Å². The largest absolute Gasteiger partial charge is 0.496 e. The van der Waals surface area contributed by atoms with Gasteiger partial charge in [-0.1, -0.05) is 24.3 Å². The average Bonchev–Trinajstić information content (AvgIpc) is 3.10. The highest BCUT2D eigenvalue weighted by atomic mass is 16.5. The standard InChI is InChI=1S/C20H24N4O3/c1-3-11-21-19(25)17-15-9-6-7-12-24(15)18(23-17)20(26)22-13-14-8-4-5-10-16(14)27-2/h3-5,8,10H,1,6-7,9,11-13H2,2H3,(H,21,25)(H,22,26). The van der Waals surface area contributed by atoms with Crippen LogP contribution in [0, 0.1) is 0 Å². The number of rotatable bonds is 7. The van der Waals surface area contributed by atoms with E-state index in [0.717, 1.165) is 30.5 Å². The van der Waals surface area contributed by atoms with Crippen LogP contribution in [-0.4, -0.2) is 35.0 Å². The first-order valence-electron chi connectivity index (χ1n) is 9.04. The fourth-order valence-corrected chi connectivity index (χ4v) is 3.25. The lowest BCUT2D eigenvalue weighted by Gasteiger charge is -2.17. The number of nitrogens with zero attached hydrogens (tertiary/aromatic N) is 2. The quantitative estimate of drug-likeness (QED) is 0.733. The second kappa shape index (κ2) is 8.53. The molecule has 142 valence electrons. The van der Waals surface area contributed by atoms with Gasteiger partial charge in [-0.15, -0.1) is 6.58 Å². The van der Waals surface area contributed by atoms with Crippen LogP contribution in [0.4, 0.5) is 0 Å². The van der Waals surface area contributed by atoms with E-state index in [9.17, 15) is 9.59 Å². The molecule has 0 fully saturated rings. The molecule has 7 heteroatoms. The van der Waals surface area contributed by atoms with Crippen molar-refractivity contribution in [3.63, 3.8) is 0 Å². The van der Waals surface area contributed by atoms with Gasteiger partial charge in [-0.2, -0.15) is 0 Å². The van der Waals surface area contributed by atoms with Crippen molar-refractivity contribution in [3.8, 4) is 5.75 Å². The topological polar surface area (TPSA) is 85.2 Å². The molecule has 0 saturated heterocycles. The number of carbonyl (C=O) groups is 2. The van der Waals surface area contributed by atoms with Gasteiger partial charge in [0, 0.05) is 25.2 Å². The lowest BCUT2D eigenvalue weighted by atomic mass is 10.1. The smallest absolute Gasteiger partial charge is 0.287 e. The van der Waals surface area contributed by atoms with Crippen LogP contribution >= 0.6 is 0 Å². The molecule has 7 nitrogen and oxygen atoms in total. The molecule has 1 aliphatic heterocycles. The first kappa shape index (κ1) is 18.7. The van der Waals surface area contributed by atoms with Crippen LogP contribution in [0.2, 0.25) is 0 Å². The molecule has 0 radical (unpaired) electrons. The van der Waals surface area contributed by atoms with Crippen molar-refractivity contribution in [1.29, 1.82) is 0 Å². The van der Waals surface area contributed by atoms with Crippen molar-refractivity contribution < 1.29 is 14.3 Å². The van der Waals surface area contributed by atoms with Crippen molar-refractivity contribution in [2.75, 3.05) is 13.7 Å². The van der Waals surface area contributed by atoms with Gasteiger partial charge in [-0.3, -0.25) is 9.59 Å². The summed E-state index contributed by atoms with van der Waals surface area (Å²) in [6.07, 6.45) is 4.30. The summed E-state index contributed by atoms with van der Waals surface area (Å²) >= 11 is 0. The normalized spacial score (nSPS) is 12.8. The summed E-state index contributed by atoms with van der Waals surface area (Å²) in [6, 6.07) is 7.52. The number of benzene rings is 1. The van der Waals surface area contributed by atoms with Gasteiger partial charge in [0.25, 0.3) is 11.8 Å². The van der Waals surface area contributed by atoms with Crippen molar-refractivity contribution in [2.45, 2.75) is 32.4 Å². The first-order chi connectivity index (χ1) is 13.2. The molecular weight excluding hydrogens is 344 g/mol. The van der Waals surface area contributed by atoms with Crippen LogP contribution in [0.5, 0.6) is 5.75 Å². The number of aromatic nitrogens is 2. The minimum Gasteiger partial charge on any atom is -0.496 e. The van der Waals surface area contributed by atoms with E-state index in [1.54, 1.807) is 13.2 Å². The predicted molar refractivity (Wildman–Crippen MR) is 102 cm³/mol. The number of fused-ring (bicyclic) bond motifs is 1. The molecule has 0 saturated carbocycles. The molecule has 1 aliphatic rings. The highest BCUT2D eigenvalue weighted by molar-refractivity contribution is 5.97. The maximum atomic E-state index is 12.8. The minimum absolute atomic E-state index is 0.274. The summed E-state index contributed by atoms with van der Waals surface area (Å²) in [7, 11) is 1.60. The van der Waals surface area contributed by atoms with Gasteiger partial charge in [-0.25, -0.2) is 4.98 Å². The molecule has 0 atom stereocenters. The lowest BCUT2D eigenvalue weighted by Crippen LogP contribution is -2.27. The maximum absolute atomic E-state index is 12.8. The summed E-state index contributed by atoms with van der Waals surface area (Å²) in [6.45, 7) is 4.97. The fraction of sp³-hybridized carbons (Fsp3) is 0.350. The molecule has 2 heterocycles. The third kappa shape index (κ3) is 4.02. The van der Waals surface area contributed by atoms with Crippen LogP contribution in [-0.2, 0) is 19.5 Å². The number of para-hydroxylation sites is 1. The summed E-state index contributed by atoms with van der Waals surface area (Å²) in [5, 5.41) is 5.63. The van der Waals surface area contributed by atoms with Crippen molar-refractivity contribution in [1.82, 2.24) is 20.2 Å². The molecule has 2 amide bonds. The van der Waals surface area contributed by atoms with E-state index in [2.05, 4.69) is 22.2 Å². The van der Waals surface area contributed by atoms with E-state index in [1.165, 1.54) is 0 Å². The number of carbonyl (C=O) groups excluding carboxylic acids is 2. The van der Waals surface area contributed by atoms with Crippen molar-refractivity contribution >= 4 is 11.8 Å². The number of nitrogens with one attached hydrogen (secondary N) is 2. The Bertz CT molecular complexity index is 857. The third-order valence-electron chi connectivity index (χ3n) is 4.57. The summed E-state index contributed by atoms with van der Waals surface area (Å²) < 4.78 is 7.18. The molecule has 1 aromatic carbocycles. The SMILES string of the molecule is C=CCNC(=O)c1nc(C(=O)NCc2ccccc2OC)n2c1CCCC2. The van der Waals surface area contributed by atoms with Gasteiger partial charge in [0.2, 0.25) is 0 Å². The summed E-state index contributed by atoms with van der Waals surface area (Å²) in [5.74, 6) is 0.423. The van der Waals surface area contributed by atoms with Gasteiger partial charge < -0.3 is 19.9 Å². The number of amides is 2. The maximum Gasteiger partial charge on any atom is 0.287 e. The van der Waals surface area contributed by atoms with Crippen LogP contribution < -0.4 is 15.4 Å². The van der Waals surface area contributed by atoms with E-state index in [-0.39, 0.29) is 17.6 Å². The molecule has 2 N–H and O–H groups in total. The van der Waals surface area contributed by atoms with Crippen LogP contribution in [0.15, 0.2) is 36.9 Å². The van der Waals surface area contributed by atoms with Crippen molar-refractivity contribution in [2.24, 2.45) is 0 Å². The molecular formula is C20H24N4O3. The number of hydrogen-bond acceptors (Lipinski definition) is 4. The lowest BCUT2D eigenvalue weighted by molar-refractivity contribution is 0.0934. The monoisotopic (exact) mass is 368 g/mol. The molecule has 0 unspecified atom stereocenters. The van der Waals surface area contributed by atoms with Gasteiger partial charge in [0.1, 0.15) is 11.4 Å². The Hall–Kier alpha value is -3.09. The molecule has 0 bridgehead atoms. The zero-order valence-corrected chi connectivity index (χ0v) is 15.5. The molecule has 2 aromatic rings. The molecule has 0 aliphatic carbocycles. The van der Waals surface area contributed by atoms with E-state index in [1.807, 2.05) is 28.8 Å². The Kier molecular flexibility index (Phi) is 5.90. The first-order valence-corrected chi connectivity index (χ1v) is 9.04. The fourth-order valence-electron chi connectivity index (χ4n) is 3.25. The Labute approximate surface area is 158 Å². The molecule has 3 rings (SSSR count). The Morgan fingerprint density at radius 2 is 2.07 bits per heavy atom. The Balaban J connectivity index is 1.81. The highest BCUT2D eigenvalue weighted by Gasteiger charge is 2.27. The third-order valence-corrected chi connectivity index (χ3v) is 4.57. The zero-order chi connectivity index (χ0) is 19.2. The number of imidazole rings is 1. The number of methoxy groups -OCH3 is 1. The van der Waals surface area contributed by atoms with Gasteiger partial charge >= 0.3 is 0 Å². The summed E-state index contributed by atoms with van der Waals surface area (Å²) in [4.78, 5) is 29.5. The Morgan fingerprint density at radius 3 is 2.85 bits per heavy atom. The second-order valence-electron chi connectivity index (χ2n) is 6.33. The van der Waals surface area contributed by atoms with Gasteiger partial charge in [0.15, 0.2) is 5.82 Å². The van der Waals surface area contributed by atoms with Crippen molar-refractivity contribution in [3.05, 3.63) is 59.7 Å². The second-order valence-corrected chi connectivity index (χ2v) is 6.33. The number of hydrogen-bond donors (Lipinski definition) is 2.